The van der Waals surface area contributed by atoms with E-state index in [0.29, 0.717) is 43.1 Å². The van der Waals surface area contributed by atoms with Crippen LogP contribution >= 0.6 is 0 Å². The molecule has 3 rings (SSSR count). The lowest BCUT2D eigenvalue weighted by Gasteiger charge is -2.50. The van der Waals surface area contributed by atoms with E-state index in [1.807, 2.05) is 0 Å². The molecule has 4 N–H and O–H groups in total. The van der Waals surface area contributed by atoms with Crippen molar-refractivity contribution in [2.24, 2.45) is 23.2 Å². The van der Waals surface area contributed by atoms with Crippen LogP contribution in [0.4, 0.5) is 4.39 Å². The summed E-state index contributed by atoms with van der Waals surface area (Å²) in [5.74, 6) is 0.319. The molecular formula is C31H55FN2O4. The van der Waals surface area contributed by atoms with Crippen LogP contribution in [0.15, 0.2) is 0 Å². The first-order valence-corrected chi connectivity index (χ1v) is 15.6. The zero-order valence-electron chi connectivity index (χ0n) is 24.3. The topological polar surface area (TPSA) is 98.7 Å². The van der Waals surface area contributed by atoms with Gasteiger partial charge in [-0.1, -0.05) is 59.3 Å². The van der Waals surface area contributed by atoms with Crippen molar-refractivity contribution in [2.45, 2.75) is 154 Å². The van der Waals surface area contributed by atoms with Gasteiger partial charge in [-0.05, 0) is 81.0 Å². The van der Waals surface area contributed by atoms with Crippen molar-refractivity contribution in [3.05, 3.63) is 0 Å². The molecule has 7 heteroatoms. The van der Waals surface area contributed by atoms with Gasteiger partial charge >= 0.3 is 5.97 Å². The molecule has 0 aromatic heterocycles. The molecular weight excluding hydrogens is 483 g/mol. The first kappa shape index (κ1) is 31.3. The lowest BCUT2D eigenvalue weighted by molar-refractivity contribution is -0.137. The molecule has 0 bridgehead atoms. The van der Waals surface area contributed by atoms with E-state index in [0.717, 1.165) is 25.7 Å². The average molecular weight is 539 g/mol. The van der Waals surface area contributed by atoms with E-state index in [4.69, 9.17) is 5.11 Å². The van der Waals surface area contributed by atoms with Gasteiger partial charge in [0.2, 0.25) is 5.91 Å². The SMILES string of the molecule is CC(C)(C)C1CCCC(C2(NCC(O)C(CC3CCCC(F)C3)NC(=O)CCCC(=O)O)CCCCC2)C1. The number of hydrogen-bond acceptors (Lipinski definition) is 4. The molecule has 0 radical (unpaired) electrons. The molecule has 3 fully saturated rings. The Hall–Kier alpha value is -1.21. The number of halogens is 1. The molecule has 6 unspecified atom stereocenters. The van der Waals surface area contributed by atoms with Gasteiger partial charge in [-0.3, -0.25) is 9.59 Å². The molecule has 0 saturated heterocycles. The Morgan fingerprint density at radius 1 is 0.974 bits per heavy atom. The summed E-state index contributed by atoms with van der Waals surface area (Å²) in [6.45, 7) is 7.51. The third-order valence-electron chi connectivity index (χ3n) is 10.0. The number of carboxylic acids is 1. The van der Waals surface area contributed by atoms with Crippen molar-refractivity contribution in [2.75, 3.05) is 6.54 Å². The summed E-state index contributed by atoms with van der Waals surface area (Å²) in [5, 5.41) is 27.2. The molecule has 0 heterocycles. The Bertz CT molecular complexity index is 749. The molecule has 3 saturated carbocycles. The monoisotopic (exact) mass is 538 g/mol. The number of carbonyl (C=O) groups excluding carboxylic acids is 1. The van der Waals surface area contributed by atoms with Crippen LogP contribution in [0.25, 0.3) is 0 Å². The lowest BCUT2D eigenvalue weighted by atomic mass is 9.61. The molecule has 220 valence electrons. The summed E-state index contributed by atoms with van der Waals surface area (Å²) in [5.41, 5.74) is 0.340. The van der Waals surface area contributed by atoms with Crippen LogP contribution in [-0.2, 0) is 9.59 Å². The molecule has 0 aliphatic heterocycles. The van der Waals surface area contributed by atoms with E-state index in [-0.39, 0.29) is 36.6 Å². The minimum atomic E-state index is -0.913. The molecule has 0 aromatic rings. The van der Waals surface area contributed by atoms with Gasteiger partial charge in [-0.25, -0.2) is 4.39 Å². The minimum Gasteiger partial charge on any atom is -0.481 e. The maximum atomic E-state index is 14.1. The Morgan fingerprint density at radius 3 is 2.34 bits per heavy atom. The maximum absolute atomic E-state index is 14.1. The number of carboxylic acid groups (broad SMARTS) is 1. The smallest absolute Gasteiger partial charge is 0.303 e. The predicted octanol–water partition coefficient (Wildman–Crippen LogP) is 6.15. The van der Waals surface area contributed by atoms with E-state index in [1.54, 1.807) is 0 Å². The quantitative estimate of drug-likeness (QED) is 0.239. The summed E-state index contributed by atoms with van der Waals surface area (Å²) < 4.78 is 14.1. The number of nitrogens with one attached hydrogen (secondary N) is 2. The van der Waals surface area contributed by atoms with Crippen LogP contribution in [0.1, 0.15) is 130 Å². The van der Waals surface area contributed by atoms with Crippen LogP contribution in [0.2, 0.25) is 0 Å². The van der Waals surface area contributed by atoms with Crippen molar-refractivity contribution < 1.29 is 24.2 Å². The minimum absolute atomic E-state index is 0.0358. The van der Waals surface area contributed by atoms with Gasteiger partial charge in [-0.2, -0.15) is 0 Å². The molecule has 1 amide bonds. The van der Waals surface area contributed by atoms with Crippen LogP contribution in [0.3, 0.4) is 0 Å². The molecule has 38 heavy (non-hydrogen) atoms. The molecule has 3 aliphatic carbocycles. The standard InChI is InChI=1S/C31H55FN2O4/c1-30(2,3)23-11-8-12-24(20-23)31(16-5-4-6-17-31)33-21-27(35)26(19-22-10-7-13-25(32)18-22)34-28(36)14-9-15-29(37)38/h22-27,33,35H,4-21H2,1-3H3,(H,34,36)(H,37,38). The Kier molecular flexibility index (Phi) is 11.9. The van der Waals surface area contributed by atoms with Crippen LogP contribution in [0, 0.1) is 23.2 Å². The van der Waals surface area contributed by atoms with E-state index in [9.17, 15) is 19.1 Å². The van der Waals surface area contributed by atoms with Gasteiger partial charge in [0.15, 0.2) is 0 Å². The van der Waals surface area contributed by atoms with E-state index in [2.05, 4.69) is 31.4 Å². The zero-order chi connectivity index (χ0) is 27.8. The van der Waals surface area contributed by atoms with Gasteiger partial charge in [-0.15, -0.1) is 0 Å². The largest absolute Gasteiger partial charge is 0.481 e. The number of amides is 1. The van der Waals surface area contributed by atoms with Gasteiger partial charge < -0.3 is 20.8 Å². The maximum Gasteiger partial charge on any atom is 0.303 e. The Balaban J connectivity index is 1.67. The van der Waals surface area contributed by atoms with E-state index < -0.39 is 24.3 Å². The first-order chi connectivity index (χ1) is 18.0. The zero-order valence-corrected chi connectivity index (χ0v) is 24.3. The van der Waals surface area contributed by atoms with Crippen molar-refractivity contribution >= 4 is 11.9 Å². The average Bonchev–Trinajstić information content (AvgIpc) is 2.87. The fourth-order valence-electron chi connectivity index (χ4n) is 7.63. The second kappa shape index (κ2) is 14.4. The third kappa shape index (κ3) is 9.46. The van der Waals surface area contributed by atoms with Crippen LogP contribution < -0.4 is 10.6 Å². The highest BCUT2D eigenvalue weighted by Crippen LogP contribution is 2.47. The van der Waals surface area contributed by atoms with Crippen molar-refractivity contribution in [1.29, 1.82) is 0 Å². The fourth-order valence-corrected chi connectivity index (χ4v) is 7.63. The lowest BCUT2D eigenvalue weighted by Crippen LogP contribution is -2.58. The van der Waals surface area contributed by atoms with E-state index in [1.165, 1.54) is 44.9 Å². The highest BCUT2D eigenvalue weighted by atomic mass is 19.1. The molecule has 0 aromatic carbocycles. The summed E-state index contributed by atoms with van der Waals surface area (Å²) in [6, 6.07) is -0.454. The second-order valence-electron chi connectivity index (χ2n) is 13.9. The molecule has 0 spiro atoms. The number of aliphatic hydroxyl groups is 1. The van der Waals surface area contributed by atoms with Crippen molar-refractivity contribution in [3.63, 3.8) is 0 Å². The summed E-state index contributed by atoms with van der Waals surface area (Å²) in [6.07, 6.45) is 13.2. The number of alkyl halides is 1. The normalized spacial score (nSPS) is 29.8. The van der Waals surface area contributed by atoms with Crippen LogP contribution in [0.5, 0.6) is 0 Å². The summed E-state index contributed by atoms with van der Waals surface area (Å²) in [7, 11) is 0. The summed E-state index contributed by atoms with van der Waals surface area (Å²) in [4.78, 5) is 23.5. The van der Waals surface area contributed by atoms with Crippen molar-refractivity contribution in [3.8, 4) is 0 Å². The van der Waals surface area contributed by atoms with Gasteiger partial charge in [0.05, 0.1) is 12.1 Å². The highest BCUT2D eigenvalue weighted by molar-refractivity contribution is 5.77. The predicted molar refractivity (Wildman–Crippen MR) is 150 cm³/mol. The molecule has 3 aliphatic rings. The van der Waals surface area contributed by atoms with Gasteiger partial charge in [0.1, 0.15) is 6.17 Å². The molecule has 6 nitrogen and oxygen atoms in total. The number of hydrogen-bond donors (Lipinski definition) is 4. The van der Waals surface area contributed by atoms with Crippen molar-refractivity contribution in [1.82, 2.24) is 10.6 Å². The first-order valence-electron chi connectivity index (χ1n) is 15.6. The Labute approximate surface area is 230 Å². The molecule has 6 atom stereocenters. The second-order valence-corrected chi connectivity index (χ2v) is 13.9. The number of aliphatic carboxylic acids is 1. The Morgan fingerprint density at radius 2 is 1.68 bits per heavy atom. The van der Waals surface area contributed by atoms with Gasteiger partial charge in [0, 0.05) is 24.9 Å². The number of aliphatic hydroxyl groups excluding tert-OH is 1. The number of rotatable bonds is 12. The fraction of sp³-hybridized carbons (Fsp3) is 0.935. The number of carbonyl (C=O) groups is 2. The highest BCUT2D eigenvalue weighted by Gasteiger charge is 2.44. The van der Waals surface area contributed by atoms with Crippen LogP contribution in [-0.4, -0.2) is 52.5 Å². The van der Waals surface area contributed by atoms with E-state index >= 15 is 0 Å². The number of β-amino-alcohol motifs (C(OH)–C–C–N with tert-alkyl or cyclic N) is 1. The third-order valence-corrected chi connectivity index (χ3v) is 10.0. The summed E-state index contributed by atoms with van der Waals surface area (Å²) >= 11 is 0. The van der Waals surface area contributed by atoms with Gasteiger partial charge in [0.25, 0.3) is 0 Å².